The third-order valence-corrected chi connectivity index (χ3v) is 4.63. The van der Waals surface area contributed by atoms with Crippen molar-refractivity contribution in [2.24, 2.45) is 11.8 Å². The highest BCUT2D eigenvalue weighted by Gasteiger charge is 2.32. The molecule has 1 aromatic heterocycles. The molecule has 0 radical (unpaired) electrons. The number of carboxylic acids is 1. The number of nitrogens with zero attached hydrogens (tertiary/aromatic N) is 1. The minimum Gasteiger partial charge on any atom is -0.481 e. The highest BCUT2D eigenvalue weighted by molar-refractivity contribution is 7.15. The van der Waals surface area contributed by atoms with Crippen LogP contribution in [0.25, 0.3) is 0 Å². The lowest BCUT2D eigenvalue weighted by atomic mass is 9.90. The number of amides is 1. The van der Waals surface area contributed by atoms with Crippen LogP contribution >= 0.6 is 11.3 Å². The van der Waals surface area contributed by atoms with E-state index >= 15 is 0 Å². The lowest BCUT2D eigenvalue weighted by Gasteiger charge is -2.34. The number of carbonyl (C=O) groups is 3. The highest BCUT2D eigenvalue weighted by Crippen LogP contribution is 2.25. The van der Waals surface area contributed by atoms with Gasteiger partial charge in [0.25, 0.3) is 5.91 Å². The predicted octanol–water partition coefficient (Wildman–Crippen LogP) is 2.13. The van der Waals surface area contributed by atoms with Gasteiger partial charge in [0.1, 0.15) is 0 Å². The molecule has 1 fully saturated rings. The van der Waals surface area contributed by atoms with Crippen molar-refractivity contribution < 1.29 is 19.5 Å². The Morgan fingerprint density at radius 3 is 2.45 bits per heavy atom. The standard InChI is InChI=1S/C14H17NO4S/c1-8-5-10(14(18)19)7-15(6-8)13(17)12-4-3-11(20-12)9(2)16/h3-4,8,10H,5-7H2,1-2H3,(H,18,19). The molecule has 0 saturated carbocycles. The maximum Gasteiger partial charge on any atom is 0.308 e. The minimum absolute atomic E-state index is 0.0653. The van der Waals surface area contributed by atoms with E-state index in [1.54, 1.807) is 17.0 Å². The van der Waals surface area contributed by atoms with Gasteiger partial charge < -0.3 is 10.0 Å². The number of thiophene rings is 1. The number of piperidine rings is 1. The van der Waals surface area contributed by atoms with Crippen LogP contribution in [0.1, 0.15) is 39.6 Å². The second-order valence-corrected chi connectivity index (χ2v) is 6.39. The van der Waals surface area contributed by atoms with Crippen molar-refractivity contribution >= 4 is 29.0 Å². The molecular weight excluding hydrogens is 278 g/mol. The van der Waals surface area contributed by atoms with Crippen LogP contribution in [-0.2, 0) is 4.79 Å². The fourth-order valence-electron chi connectivity index (χ4n) is 2.49. The van der Waals surface area contributed by atoms with E-state index < -0.39 is 11.9 Å². The van der Waals surface area contributed by atoms with E-state index in [4.69, 9.17) is 5.11 Å². The Morgan fingerprint density at radius 1 is 1.25 bits per heavy atom. The molecule has 0 spiro atoms. The summed E-state index contributed by atoms with van der Waals surface area (Å²) in [5.41, 5.74) is 0. The van der Waals surface area contributed by atoms with E-state index in [0.717, 1.165) is 0 Å². The molecule has 108 valence electrons. The van der Waals surface area contributed by atoms with Gasteiger partial charge >= 0.3 is 5.97 Å². The Kier molecular flexibility index (Phi) is 4.23. The molecule has 2 atom stereocenters. The van der Waals surface area contributed by atoms with Crippen molar-refractivity contribution in [3.05, 3.63) is 21.9 Å². The Bertz CT molecular complexity index is 551. The first kappa shape index (κ1) is 14.7. The van der Waals surface area contributed by atoms with Crippen LogP contribution < -0.4 is 0 Å². The lowest BCUT2D eigenvalue weighted by molar-refractivity contribution is -0.143. The van der Waals surface area contributed by atoms with Gasteiger partial charge in [-0.2, -0.15) is 0 Å². The molecule has 20 heavy (non-hydrogen) atoms. The first-order valence-corrected chi connectivity index (χ1v) is 7.33. The number of hydrogen-bond acceptors (Lipinski definition) is 4. The van der Waals surface area contributed by atoms with Gasteiger partial charge in [0.2, 0.25) is 0 Å². The van der Waals surface area contributed by atoms with Gasteiger partial charge in [0.05, 0.1) is 15.7 Å². The van der Waals surface area contributed by atoms with Crippen LogP contribution in [0.3, 0.4) is 0 Å². The zero-order valence-corrected chi connectivity index (χ0v) is 12.3. The summed E-state index contributed by atoms with van der Waals surface area (Å²) < 4.78 is 0. The molecule has 0 aliphatic carbocycles. The van der Waals surface area contributed by atoms with Crippen LogP contribution in [0.5, 0.6) is 0 Å². The molecule has 0 aromatic carbocycles. The number of Topliss-reactive ketones (excluding diaryl/α,β-unsaturated/α-hetero) is 1. The topological polar surface area (TPSA) is 74.7 Å². The summed E-state index contributed by atoms with van der Waals surface area (Å²) in [6.45, 7) is 4.22. The SMILES string of the molecule is CC(=O)c1ccc(C(=O)N2CC(C)CC(C(=O)O)C2)s1. The molecule has 2 rings (SSSR count). The molecule has 1 saturated heterocycles. The number of carboxylic acid groups (broad SMARTS) is 1. The van der Waals surface area contributed by atoms with Gasteiger partial charge in [-0.1, -0.05) is 6.92 Å². The van der Waals surface area contributed by atoms with Gasteiger partial charge in [-0.3, -0.25) is 14.4 Å². The molecule has 1 N–H and O–H groups in total. The number of rotatable bonds is 3. The number of hydrogen-bond donors (Lipinski definition) is 1. The maximum atomic E-state index is 12.4. The third-order valence-electron chi connectivity index (χ3n) is 3.46. The van der Waals surface area contributed by atoms with Crippen LogP contribution in [0.4, 0.5) is 0 Å². The summed E-state index contributed by atoms with van der Waals surface area (Å²) in [7, 11) is 0. The van der Waals surface area contributed by atoms with Crippen molar-refractivity contribution in [1.82, 2.24) is 4.90 Å². The maximum absolute atomic E-state index is 12.4. The Hall–Kier alpha value is -1.69. The minimum atomic E-state index is -0.857. The van der Waals surface area contributed by atoms with E-state index in [1.165, 1.54) is 18.3 Å². The monoisotopic (exact) mass is 295 g/mol. The molecular formula is C14H17NO4S. The van der Waals surface area contributed by atoms with Crippen molar-refractivity contribution in [3.63, 3.8) is 0 Å². The fraction of sp³-hybridized carbons (Fsp3) is 0.500. The van der Waals surface area contributed by atoms with E-state index in [9.17, 15) is 14.4 Å². The normalized spacial score (nSPS) is 22.6. The summed E-state index contributed by atoms with van der Waals surface area (Å²) in [5, 5.41) is 9.12. The van der Waals surface area contributed by atoms with Crippen LogP contribution in [0, 0.1) is 11.8 Å². The first-order chi connectivity index (χ1) is 9.38. The van der Waals surface area contributed by atoms with Gasteiger partial charge in [0, 0.05) is 13.1 Å². The zero-order valence-electron chi connectivity index (χ0n) is 11.5. The number of carbonyl (C=O) groups excluding carboxylic acids is 2. The summed E-state index contributed by atoms with van der Waals surface area (Å²) in [6.07, 6.45) is 0.599. The van der Waals surface area contributed by atoms with Crippen molar-refractivity contribution in [2.45, 2.75) is 20.3 Å². The second kappa shape index (κ2) is 5.75. The summed E-state index contributed by atoms with van der Waals surface area (Å²) >= 11 is 1.17. The average molecular weight is 295 g/mol. The van der Waals surface area contributed by atoms with Crippen LogP contribution in [0.15, 0.2) is 12.1 Å². The van der Waals surface area contributed by atoms with Crippen molar-refractivity contribution in [2.75, 3.05) is 13.1 Å². The number of ketones is 1. The smallest absolute Gasteiger partial charge is 0.308 e. The fourth-order valence-corrected chi connectivity index (χ4v) is 3.36. The van der Waals surface area contributed by atoms with Gasteiger partial charge in [-0.25, -0.2) is 0 Å². The molecule has 2 heterocycles. The Balaban J connectivity index is 2.14. The van der Waals surface area contributed by atoms with E-state index in [0.29, 0.717) is 22.7 Å². The molecule has 1 aromatic rings. The Labute approximate surface area is 121 Å². The van der Waals surface area contributed by atoms with E-state index in [1.807, 2.05) is 6.92 Å². The zero-order chi connectivity index (χ0) is 14.9. The van der Waals surface area contributed by atoms with E-state index in [2.05, 4.69) is 0 Å². The molecule has 2 unspecified atom stereocenters. The molecule has 1 aliphatic rings. The summed E-state index contributed by atoms with van der Waals surface area (Å²) in [6, 6.07) is 3.28. The van der Waals surface area contributed by atoms with Gasteiger partial charge in [0.15, 0.2) is 5.78 Å². The molecule has 1 amide bonds. The molecule has 0 bridgehead atoms. The van der Waals surface area contributed by atoms with Gasteiger partial charge in [-0.15, -0.1) is 11.3 Å². The largest absolute Gasteiger partial charge is 0.481 e. The summed E-state index contributed by atoms with van der Waals surface area (Å²) in [5.74, 6) is -1.44. The lowest BCUT2D eigenvalue weighted by Crippen LogP contribution is -2.45. The highest BCUT2D eigenvalue weighted by atomic mass is 32.1. The third kappa shape index (κ3) is 3.07. The molecule has 6 heteroatoms. The first-order valence-electron chi connectivity index (χ1n) is 6.51. The molecule has 1 aliphatic heterocycles. The number of aliphatic carboxylic acids is 1. The van der Waals surface area contributed by atoms with Crippen molar-refractivity contribution in [1.29, 1.82) is 0 Å². The molecule has 5 nitrogen and oxygen atoms in total. The van der Waals surface area contributed by atoms with Gasteiger partial charge in [-0.05, 0) is 31.4 Å². The second-order valence-electron chi connectivity index (χ2n) is 5.31. The number of likely N-dealkylation sites (tertiary alicyclic amines) is 1. The van der Waals surface area contributed by atoms with Crippen molar-refractivity contribution in [3.8, 4) is 0 Å². The Morgan fingerprint density at radius 2 is 1.90 bits per heavy atom. The van der Waals surface area contributed by atoms with Crippen LogP contribution in [0.2, 0.25) is 0 Å². The predicted molar refractivity (Wildman–Crippen MR) is 75.1 cm³/mol. The quantitative estimate of drug-likeness (QED) is 0.867. The summed E-state index contributed by atoms with van der Waals surface area (Å²) in [4.78, 5) is 37.4. The average Bonchev–Trinajstić information content (AvgIpc) is 2.86. The van der Waals surface area contributed by atoms with Crippen LogP contribution in [-0.4, -0.2) is 40.8 Å². The van der Waals surface area contributed by atoms with E-state index in [-0.39, 0.29) is 24.2 Å².